The molecule has 0 amide bonds. The Balaban J connectivity index is -0.000000256. The molecule has 9 heteroatoms. The van der Waals surface area contributed by atoms with Gasteiger partial charge in [-0.2, -0.15) is 0 Å². The van der Waals surface area contributed by atoms with Crippen LogP contribution in [0.1, 0.15) is 26.7 Å². The van der Waals surface area contributed by atoms with Gasteiger partial charge in [-0.1, -0.05) is 13.8 Å². The molecular weight excluding hydrogens is 344 g/mol. The number of carbonyl (C=O) groups is 4. The molecule has 8 nitrogen and oxygen atoms in total. The molecule has 0 radical (unpaired) electrons. The van der Waals surface area contributed by atoms with Crippen molar-refractivity contribution in [2.45, 2.75) is 26.7 Å². The molecule has 0 aromatic rings. The van der Waals surface area contributed by atoms with Gasteiger partial charge >= 0.3 is 21.1 Å². The Morgan fingerprint density at radius 3 is 1.00 bits per heavy atom. The number of aliphatic carboxylic acids is 4. The van der Waals surface area contributed by atoms with Crippen LogP contribution in [0.2, 0.25) is 0 Å². The first-order chi connectivity index (χ1) is 8.07. The summed E-state index contributed by atoms with van der Waals surface area (Å²) < 4.78 is 0. The van der Waals surface area contributed by atoms with Crippen molar-refractivity contribution < 1.29 is 60.7 Å². The van der Waals surface area contributed by atoms with E-state index < -0.39 is 48.6 Å². The Labute approximate surface area is 123 Å². The van der Waals surface area contributed by atoms with Crippen LogP contribution in [0, 0.1) is 11.8 Å². The zero-order valence-electron chi connectivity index (χ0n) is 10.2. The number of carbonyl (C=O) groups excluding carboxylic acids is 4. The van der Waals surface area contributed by atoms with Gasteiger partial charge in [-0.3, -0.25) is 0 Å². The van der Waals surface area contributed by atoms with E-state index in [1.165, 1.54) is 13.8 Å². The second-order valence-corrected chi connectivity index (χ2v) is 3.59. The second-order valence-electron chi connectivity index (χ2n) is 3.59. The van der Waals surface area contributed by atoms with Gasteiger partial charge in [0, 0.05) is 35.7 Å². The smallest absolute Gasteiger partial charge is 0.550 e. The normalized spacial score (nSPS) is 11.9. The summed E-state index contributed by atoms with van der Waals surface area (Å²) in [5, 5.41) is 39.1. The van der Waals surface area contributed by atoms with Gasteiger partial charge in [-0.15, -0.1) is 0 Å². The molecule has 19 heavy (non-hydrogen) atoms. The van der Waals surface area contributed by atoms with Gasteiger partial charge in [0.2, 0.25) is 0 Å². The molecule has 0 bridgehead atoms. The minimum Gasteiger partial charge on any atom is -0.550 e. The molecule has 0 saturated heterocycles. The van der Waals surface area contributed by atoms with Crippen LogP contribution < -0.4 is 20.4 Å². The quantitative estimate of drug-likeness (QED) is 0.428. The zero-order valence-corrected chi connectivity index (χ0v) is 12.3. The first-order valence-electron chi connectivity index (χ1n) is 4.89. The molecule has 0 rings (SSSR count). The summed E-state index contributed by atoms with van der Waals surface area (Å²) in [5.74, 6) is -7.39. The maximum Gasteiger partial charge on any atom is 4.00 e. The van der Waals surface area contributed by atoms with E-state index in [9.17, 15) is 39.6 Å². The summed E-state index contributed by atoms with van der Waals surface area (Å²) >= 11 is 0. The standard InChI is InChI=1S/2C5H8O4.Mo/c2*1-3(5(8)9)2-4(6)7;/h2*3H,2H2,1H3,(H,6,7)(H,8,9);/q;;+4/p-4. The van der Waals surface area contributed by atoms with E-state index in [2.05, 4.69) is 0 Å². The Morgan fingerprint density at radius 2 is 0.947 bits per heavy atom. The fourth-order valence-corrected chi connectivity index (χ4v) is 0.667. The topological polar surface area (TPSA) is 161 Å². The summed E-state index contributed by atoms with van der Waals surface area (Å²) in [4.78, 5) is 39.1. The van der Waals surface area contributed by atoms with Gasteiger partial charge in [0.25, 0.3) is 0 Å². The van der Waals surface area contributed by atoms with Crippen molar-refractivity contribution in [2.24, 2.45) is 11.8 Å². The third-order valence-corrected chi connectivity index (χ3v) is 1.75. The zero-order chi connectivity index (χ0) is 14.9. The fraction of sp³-hybridized carbons (Fsp3) is 0.600. The van der Waals surface area contributed by atoms with E-state index in [0.29, 0.717) is 0 Å². The predicted octanol–water partition coefficient (Wildman–Crippen LogP) is -4.98. The van der Waals surface area contributed by atoms with E-state index in [-0.39, 0.29) is 21.1 Å². The number of carboxylic acid groups (broad SMARTS) is 4. The molecule has 0 aliphatic carbocycles. The molecule has 0 N–H and O–H groups in total. The molecule has 0 heterocycles. The SMILES string of the molecule is CC(CC(=O)[O-])C(=O)[O-].CC(CC(=O)[O-])C(=O)[O-].[Mo+4]. The van der Waals surface area contributed by atoms with Crippen molar-refractivity contribution in [1.82, 2.24) is 0 Å². The van der Waals surface area contributed by atoms with Gasteiger partial charge in [0.15, 0.2) is 0 Å². The Bertz CT molecular complexity index is 295. The van der Waals surface area contributed by atoms with Crippen molar-refractivity contribution in [2.75, 3.05) is 0 Å². The van der Waals surface area contributed by atoms with Crippen LogP contribution in [0.3, 0.4) is 0 Å². The number of hydrogen-bond donors (Lipinski definition) is 0. The minimum atomic E-state index is -1.37. The average molecular weight is 356 g/mol. The van der Waals surface area contributed by atoms with Crippen LogP contribution in [0.25, 0.3) is 0 Å². The van der Waals surface area contributed by atoms with Crippen LogP contribution >= 0.6 is 0 Å². The number of hydrogen-bond acceptors (Lipinski definition) is 8. The Kier molecular flexibility index (Phi) is 13.9. The monoisotopic (exact) mass is 358 g/mol. The molecule has 0 aliphatic rings. The summed E-state index contributed by atoms with van der Waals surface area (Å²) in [6.45, 7) is 2.51. The Hall–Kier alpha value is -1.43. The average Bonchev–Trinajstić information content (AvgIpc) is 2.16. The molecular formula is C10H12MoO8. The van der Waals surface area contributed by atoms with Gasteiger partial charge in [-0.05, 0) is 12.8 Å². The van der Waals surface area contributed by atoms with E-state index in [0.717, 1.165) is 0 Å². The third-order valence-electron chi connectivity index (χ3n) is 1.75. The number of rotatable bonds is 6. The maximum atomic E-state index is 9.83. The van der Waals surface area contributed by atoms with E-state index in [4.69, 9.17) is 0 Å². The molecule has 0 aromatic carbocycles. The van der Waals surface area contributed by atoms with Crippen LogP contribution in [0.5, 0.6) is 0 Å². The molecule has 2 unspecified atom stereocenters. The van der Waals surface area contributed by atoms with Crippen molar-refractivity contribution >= 4 is 23.9 Å². The first-order valence-corrected chi connectivity index (χ1v) is 4.89. The molecule has 2 atom stereocenters. The van der Waals surface area contributed by atoms with E-state index >= 15 is 0 Å². The van der Waals surface area contributed by atoms with Crippen LogP contribution in [-0.4, -0.2) is 23.9 Å². The van der Waals surface area contributed by atoms with Gasteiger partial charge < -0.3 is 39.6 Å². The molecule has 0 saturated carbocycles. The molecule has 0 aliphatic heterocycles. The summed E-state index contributed by atoms with van der Waals surface area (Å²) in [5.41, 5.74) is 0. The van der Waals surface area contributed by atoms with Crippen molar-refractivity contribution in [1.29, 1.82) is 0 Å². The summed E-state index contributed by atoms with van der Waals surface area (Å²) in [7, 11) is 0. The first kappa shape index (κ1) is 22.7. The van der Waals surface area contributed by atoms with Crippen LogP contribution in [0.15, 0.2) is 0 Å². The maximum absolute atomic E-state index is 9.83. The second kappa shape index (κ2) is 11.6. The molecule has 0 aromatic heterocycles. The molecule has 0 spiro atoms. The van der Waals surface area contributed by atoms with E-state index in [1.54, 1.807) is 0 Å². The minimum absolute atomic E-state index is 0. The summed E-state index contributed by atoms with van der Waals surface area (Å²) in [6, 6.07) is 0. The largest absolute Gasteiger partial charge is 4.00 e. The van der Waals surface area contributed by atoms with Crippen molar-refractivity contribution in [3.8, 4) is 0 Å². The molecule has 0 fully saturated rings. The summed E-state index contributed by atoms with van der Waals surface area (Å²) in [6.07, 6.45) is -0.968. The predicted molar refractivity (Wildman–Crippen MR) is 47.6 cm³/mol. The van der Waals surface area contributed by atoms with Crippen LogP contribution in [-0.2, 0) is 40.2 Å². The Morgan fingerprint density at radius 1 is 0.737 bits per heavy atom. The molecule has 106 valence electrons. The number of carboxylic acids is 4. The van der Waals surface area contributed by atoms with Gasteiger partial charge in [-0.25, -0.2) is 0 Å². The third kappa shape index (κ3) is 16.6. The van der Waals surface area contributed by atoms with Crippen LogP contribution in [0.4, 0.5) is 0 Å². The van der Waals surface area contributed by atoms with E-state index in [1.807, 2.05) is 0 Å². The van der Waals surface area contributed by atoms with Gasteiger partial charge in [0.1, 0.15) is 0 Å². The van der Waals surface area contributed by atoms with Gasteiger partial charge in [0.05, 0.1) is 0 Å². The van der Waals surface area contributed by atoms with Crippen molar-refractivity contribution in [3.05, 3.63) is 0 Å². The fourth-order valence-electron chi connectivity index (χ4n) is 0.667. The van der Waals surface area contributed by atoms with Crippen molar-refractivity contribution in [3.63, 3.8) is 0 Å².